The zero-order valence-electron chi connectivity index (χ0n) is 31.0. The Labute approximate surface area is 290 Å². The number of hydrogen-bond acceptors (Lipinski definition) is 6. The van der Waals surface area contributed by atoms with Gasteiger partial charge in [0.25, 0.3) is 0 Å². The Hall–Kier alpha value is -1.14. The lowest BCUT2D eigenvalue weighted by molar-refractivity contribution is -0.145. The first-order valence-corrected chi connectivity index (χ1v) is 20.8. The predicted octanol–water partition coefficient (Wildman–Crippen LogP) is 10.6. The summed E-state index contributed by atoms with van der Waals surface area (Å²) in [7, 11) is 0. The summed E-state index contributed by atoms with van der Waals surface area (Å²) >= 11 is 0. The molecule has 6 nitrogen and oxygen atoms in total. The third-order valence-corrected chi connectivity index (χ3v) is 11.1. The van der Waals surface area contributed by atoms with Crippen LogP contribution in [0.4, 0.5) is 0 Å². The van der Waals surface area contributed by atoms with Gasteiger partial charge in [-0.25, -0.2) is 0 Å². The zero-order valence-corrected chi connectivity index (χ0v) is 31.0. The Morgan fingerprint density at radius 3 is 1.62 bits per heavy atom. The molecule has 2 aliphatic rings. The minimum absolute atomic E-state index is 0.00579. The van der Waals surface area contributed by atoms with Crippen molar-refractivity contribution >= 4 is 11.9 Å². The van der Waals surface area contributed by atoms with Gasteiger partial charge in [0.2, 0.25) is 0 Å². The van der Waals surface area contributed by atoms with E-state index in [0.717, 1.165) is 102 Å². The number of hydrogen-bond donors (Lipinski definition) is 1. The van der Waals surface area contributed by atoms with E-state index in [0.29, 0.717) is 26.1 Å². The molecule has 0 saturated heterocycles. The first-order valence-electron chi connectivity index (χ1n) is 20.8. The highest BCUT2D eigenvalue weighted by molar-refractivity contribution is 5.69. The highest BCUT2D eigenvalue weighted by atomic mass is 16.5. The molecular weight excluding hydrogens is 586 g/mol. The van der Waals surface area contributed by atoms with E-state index in [-0.39, 0.29) is 18.5 Å². The van der Waals surface area contributed by atoms with Crippen LogP contribution < -0.4 is 0 Å². The molecule has 0 spiro atoms. The van der Waals surface area contributed by atoms with E-state index < -0.39 is 0 Å². The number of unbranched alkanes of at least 4 members (excludes halogenated alkanes) is 14. The summed E-state index contributed by atoms with van der Waals surface area (Å²) in [5, 5.41) is 9.49. The van der Waals surface area contributed by atoms with Crippen molar-refractivity contribution in [3.63, 3.8) is 0 Å². The lowest BCUT2D eigenvalue weighted by Gasteiger charge is -2.35. The van der Waals surface area contributed by atoms with Crippen LogP contribution in [0.25, 0.3) is 0 Å². The SMILES string of the molecule is CCCCCCCCCOC(=O)CCCCCCCN(CCO)CCCCCCCC(=O)OCCC1CCC(C2CCCCC2)CC1. The average molecular weight is 664 g/mol. The van der Waals surface area contributed by atoms with Crippen molar-refractivity contribution in [2.75, 3.05) is 39.5 Å². The number of ether oxygens (including phenoxy) is 2. The highest BCUT2D eigenvalue weighted by Crippen LogP contribution is 2.40. The minimum Gasteiger partial charge on any atom is -0.466 e. The summed E-state index contributed by atoms with van der Waals surface area (Å²) in [4.78, 5) is 26.6. The molecule has 2 fully saturated rings. The van der Waals surface area contributed by atoms with E-state index in [1.165, 1.54) is 109 Å². The molecule has 0 aromatic carbocycles. The summed E-state index contributed by atoms with van der Waals surface area (Å²) in [6.45, 7) is 6.48. The topological polar surface area (TPSA) is 76.1 Å². The van der Waals surface area contributed by atoms with E-state index in [4.69, 9.17) is 9.47 Å². The van der Waals surface area contributed by atoms with Crippen molar-refractivity contribution < 1.29 is 24.2 Å². The second kappa shape index (κ2) is 29.7. The van der Waals surface area contributed by atoms with E-state index in [9.17, 15) is 14.7 Å². The first-order chi connectivity index (χ1) is 23.1. The maximum atomic E-state index is 12.2. The van der Waals surface area contributed by atoms with Crippen molar-refractivity contribution in [3.05, 3.63) is 0 Å². The minimum atomic E-state index is -0.0305. The Morgan fingerprint density at radius 2 is 1.04 bits per heavy atom. The third kappa shape index (κ3) is 23.0. The lowest BCUT2D eigenvalue weighted by atomic mass is 9.70. The van der Waals surface area contributed by atoms with Crippen molar-refractivity contribution in [2.24, 2.45) is 17.8 Å². The van der Waals surface area contributed by atoms with Gasteiger partial charge in [0.05, 0.1) is 19.8 Å². The number of aliphatic hydroxyl groups is 1. The largest absolute Gasteiger partial charge is 0.466 e. The monoisotopic (exact) mass is 664 g/mol. The number of carbonyl (C=O) groups is 2. The van der Waals surface area contributed by atoms with Crippen LogP contribution in [0.3, 0.4) is 0 Å². The van der Waals surface area contributed by atoms with Gasteiger partial charge in [-0.05, 0) is 82.2 Å². The molecule has 2 aliphatic carbocycles. The zero-order chi connectivity index (χ0) is 33.6. The van der Waals surface area contributed by atoms with E-state index in [1.807, 2.05) is 0 Å². The van der Waals surface area contributed by atoms with Crippen LogP contribution in [0.2, 0.25) is 0 Å². The van der Waals surface area contributed by atoms with E-state index in [2.05, 4.69) is 11.8 Å². The molecule has 0 aromatic rings. The summed E-state index contributed by atoms with van der Waals surface area (Å²) in [6, 6.07) is 0. The molecule has 1 N–H and O–H groups in total. The Kier molecular flexibility index (Phi) is 26.6. The molecule has 0 amide bonds. The highest BCUT2D eigenvalue weighted by Gasteiger charge is 2.28. The maximum absolute atomic E-state index is 12.2. The van der Waals surface area contributed by atoms with Crippen LogP contribution >= 0.6 is 0 Å². The fourth-order valence-corrected chi connectivity index (χ4v) is 8.03. The van der Waals surface area contributed by atoms with Gasteiger partial charge in [0.1, 0.15) is 0 Å². The second-order valence-corrected chi connectivity index (χ2v) is 15.1. The van der Waals surface area contributed by atoms with Gasteiger partial charge in [-0.1, -0.05) is 129 Å². The van der Waals surface area contributed by atoms with Crippen LogP contribution in [-0.2, 0) is 19.1 Å². The number of carbonyl (C=O) groups excluding carboxylic acids is 2. The molecule has 0 radical (unpaired) electrons. The normalized spacial score (nSPS) is 18.9. The molecule has 6 heteroatoms. The molecule has 47 heavy (non-hydrogen) atoms. The van der Waals surface area contributed by atoms with Gasteiger partial charge in [-0.2, -0.15) is 0 Å². The summed E-state index contributed by atoms with van der Waals surface area (Å²) < 4.78 is 11.0. The molecule has 276 valence electrons. The molecular formula is C41H77NO5. The van der Waals surface area contributed by atoms with Gasteiger partial charge >= 0.3 is 11.9 Å². The standard InChI is InChI=1S/C41H77NO5/c1-2-3-4-5-6-13-21-35-46-40(44)24-17-9-7-11-19-31-42(33-34-43)32-20-12-8-10-18-25-41(45)47-36-30-37-26-28-39(29-27-37)38-22-15-14-16-23-38/h37-39,43H,2-36H2,1H3. The van der Waals surface area contributed by atoms with Crippen LogP contribution in [-0.4, -0.2) is 61.4 Å². The molecule has 0 aliphatic heterocycles. The number of nitrogens with zero attached hydrogens (tertiary/aromatic N) is 1. The van der Waals surface area contributed by atoms with E-state index in [1.54, 1.807) is 0 Å². The summed E-state index contributed by atoms with van der Waals surface area (Å²) in [5.74, 6) is 2.70. The van der Waals surface area contributed by atoms with Crippen molar-refractivity contribution in [3.8, 4) is 0 Å². The van der Waals surface area contributed by atoms with Gasteiger partial charge in [0.15, 0.2) is 0 Å². The fraction of sp³-hybridized carbons (Fsp3) is 0.951. The van der Waals surface area contributed by atoms with Crippen LogP contribution in [0.1, 0.15) is 193 Å². The smallest absolute Gasteiger partial charge is 0.305 e. The molecule has 0 bridgehead atoms. The van der Waals surface area contributed by atoms with Crippen LogP contribution in [0.5, 0.6) is 0 Å². The van der Waals surface area contributed by atoms with Crippen molar-refractivity contribution in [1.29, 1.82) is 0 Å². The molecule has 0 atom stereocenters. The predicted molar refractivity (Wildman–Crippen MR) is 195 cm³/mol. The Balaban J connectivity index is 1.34. The summed E-state index contributed by atoms with van der Waals surface area (Å²) in [6.07, 6.45) is 34.6. The average Bonchev–Trinajstić information content (AvgIpc) is 3.09. The quantitative estimate of drug-likeness (QED) is 0.0609. The van der Waals surface area contributed by atoms with Crippen molar-refractivity contribution in [1.82, 2.24) is 4.90 Å². The van der Waals surface area contributed by atoms with Gasteiger partial charge in [0, 0.05) is 19.4 Å². The fourth-order valence-electron chi connectivity index (χ4n) is 8.03. The molecule has 2 saturated carbocycles. The molecule has 0 heterocycles. The maximum Gasteiger partial charge on any atom is 0.305 e. The third-order valence-electron chi connectivity index (χ3n) is 11.1. The lowest BCUT2D eigenvalue weighted by Crippen LogP contribution is -2.29. The molecule has 2 rings (SSSR count). The number of esters is 2. The van der Waals surface area contributed by atoms with Gasteiger partial charge < -0.3 is 19.5 Å². The van der Waals surface area contributed by atoms with Crippen molar-refractivity contribution in [2.45, 2.75) is 193 Å². The molecule has 0 aromatic heterocycles. The number of rotatable bonds is 30. The Bertz CT molecular complexity index is 731. The second-order valence-electron chi connectivity index (χ2n) is 15.1. The van der Waals surface area contributed by atoms with Gasteiger partial charge in [-0.3, -0.25) is 9.59 Å². The van der Waals surface area contributed by atoms with Gasteiger partial charge in [-0.15, -0.1) is 0 Å². The Morgan fingerprint density at radius 1 is 0.553 bits per heavy atom. The first kappa shape index (κ1) is 42.0. The number of aliphatic hydroxyl groups excluding tert-OH is 1. The summed E-state index contributed by atoms with van der Waals surface area (Å²) in [5.41, 5.74) is 0. The van der Waals surface area contributed by atoms with Crippen LogP contribution in [0, 0.1) is 17.8 Å². The molecule has 0 unspecified atom stereocenters. The van der Waals surface area contributed by atoms with E-state index >= 15 is 0 Å². The van der Waals surface area contributed by atoms with Crippen LogP contribution in [0.15, 0.2) is 0 Å².